The number of rotatable bonds is 5. The van der Waals surface area contributed by atoms with Gasteiger partial charge in [0.1, 0.15) is 12.2 Å². The Bertz CT molecular complexity index is 682. The van der Waals surface area contributed by atoms with Crippen LogP contribution in [0.25, 0.3) is 0 Å². The van der Waals surface area contributed by atoms with Crippen molar-refractivity contribution in [2.45, 2.75) is 19.1 Å². The molecule has 1 heterocycles. The lowest BCUT2D eigenvalue weighted by molar-refractivity contribution is -0.137. The summed E-state index contributed by atoms with van der Waals surface area (Å²) in [5.74, 6) is -0.955. The molecule has 0 spiro atoms. The molecule has 0 aliphatic rings. The number of benzene rings is 1. The SMILES string of the molecule is O=C(CC(=O)Nc1ccccc1C(F)(F)F)NCc1ccco1. The molecule has 1 aromatic heterocycles. The normalized spacial score (nSPS) is 11.1. The van der Waals surface area contributed by atoms with Gasteiger partial charge >= 0.3 is 6.18 Å². The molecule has 5 nitrogen and oxygen atoms in total. The summed E-state index contributed by atoms with van der Waals surface area (Å²) in [7, 11) is 0. The summed E-state index contributed by atoms with van der Waals surface area (Å²) >= 11 is 0. The highest BCUT2D eigenvalue weighted by molar-refractivity contribution is 6.03. The first-order chi connectivity index (χ1) is 10.9. The van der Waals surface area contributed by atoms with E-state index in [1.54, 1.807) is 12.1 Å². The van der Waals surface area contributed by atoms with Crippen molar-refractivity contribution >= 4 is 17.5 Å². The summed E-state index contributed by atoms with van der Waals surface area (Å²) < 4.78 is 43.4. The van der Waals surface area contributed by atoms with Crippen LogP contribution in [0.3, 0.4) is 0 Å². The highest BCUT2D eigenvalue weighted by atomic mass is 19.4. The van der Waals surface area contributed by atoms with Gasteiger partial charge in [-0.05, 0) is 24.3 Å². The smallest absolute Gasteiger partial charge is 0.418 e. The van der Waals surface area contributed by atoms with Crippen molar-refractivity contribution in [1.82, 2.24) is 5.32 Å². The maximum absolute atomic E-state index is 12.8. The Morgan fingerprint density at radius 1 is 1.04 bits per heavy atom. The van der Waals surface area contributed by atoms with Crippen LogP contribution in [0, 0.1) is 0 Å². The zero-order valence-electron chi connectivity index (χ0n) is 11.8. The Hall–Kier alpha value is -2.77. The van der Waals surface area contributed by atoms with E-state index >= 15 is 0 Å². The second kappa shape index (κ2) is 6.99. The molecule has 0 fully saturated rings. The molecule has 2 rings (SSSR count). The van der Waals surface area contributed by atoms with E-state index in [9.17, 15) is 22.8 Å². The molecule has 122 valence electrons. The van der Waals surface area contributed by atoms with Gasteiger partial charge in [-0.15, -0.1) is 0 Å². The summed E-state index contributed by atoms with van der Waals surface area (Å²) in [6, 6.07) is 7.84. The van der Waals surface area contributed by atoms with Crippen molar-refractivity contribution in [3.8, 4) is 0 Å². The summed E-state index contributed by atoms with van der Waals surface area (Å²) in [5, 5.41) is 4.53. The third-order valence-corrected chi connectivity index (χ3v) is 2.87. The van der Waals surface area contributed by atoms with Crippen molar-refractivity contribution in [3.63, 3.8) is 0 Å². The highest BCUT2D eigenvalue weighted by Crippen LogP contribution is 2.34. The number of halogens is 3. The van der Waals surface area contributed by atoms with E-state index in [0.717, 1.165) is 12.1 Å². The summed E-state index contributed by atoms with van der Waals surface area (Å²) in [6.07, 6.45) is -3.75. The second-order valence-corrected chi connectivity index (χ2v) is 4.62. The predicted molar refractivity (Wildman–Crippen MR) is 75.2 cm³/mol. The average Bonchev–Trinajstić information content (AvgIpc) is 2.97. The molecule has 2 amide bonds. The van der Waals surface area contributed by atoms with Gasteiger partial charge in [-0.1, -0.05) is 12.1 Å². The number of anilines is 1. The average molecular weight is 326 g/mol. The number of furan rings is 1. The van der Waals surface area contributed by atoms with Crippen LogP contribution in [0.5, 0.6) is 0 Å². The van der Waals surface area contributed by atoms with Crippen LogP contribution in [0.2, 0.25) is 0 Å². The number of nitrogens with one attached hydrogen (secondary N) is 2. The highest BCUT2D eigenvalue weighted by Gasteiger charge is 2.33. The Morgan fingerprint density at radius 3 is 2.43 bits per heavy atom. The monoisotopic (exact) mass is 326 g/mol. The molecular formula is C15H13F3N2O3. The summed E-state index contributed by atoms with van der Waals surface area (Å²) in [4.78, 5) is 23.3. The first kappa shape index (κ1) is 16.6. The van der Waals surface area contributed by atoms with Gasteiger partial charge in [-0.2, -0.15) is 13.2 Å². The quantitative estimate of drug-likeness (QED) is 0.830. The summed E-state index contributed by atoms with van der Waals surface area (Å²) in [5.41, 5.74) is -1.35. The van der Waals surface area contributed by atoms with Crippen LogP contribution in [0.1, 0.15) is 17.7 Å². The van der Waals surface area contributed by atoms with Crippen molar-refractivity contribution in [2.24, 2.45) is 0 Å². The van der Waals surface area contributed by atoms with Crippen LogP contribution in [0.15, 0.2) is 47.1 Å². The third-order valence-electron chi connectivity index (χ3n) is 2.87. The van der Waals surface area contributed by atoms with Gasteiger partial charge in [0.15, 0.2) is 0 Å². The van der Waals surface area contributed by atoms with Crippen LogP contribution >= 0.6 is 0 Å². The molecule has 0 aliphatic heterocycles. The molecule has 1 aromatic carbocycles. The fourth-order valence-electron chi connectivity index (χ4n) is 1.84. The number of amides is 2. The summed E-state index contributed by atoms with van der Waals surface area (Å²) in [6.45, 7) is 0.0955. The Kier molecular flexibility index (Phi) is 5.05. The maximum atomic E-state index is 12.8. The number of alkyl halides is 3. The number of hydrogen-bond acceptors (Lipinski definition) is 3. The zero-order valence-corrected chi connectivity index (χ0v) is 11.8. The molecule has 0 aliphatic carbocycles. The van der Waals surface area contributed by atoms with Crippen molar-refractivity contribution in [1.29, 1.82) is 0 Å². The van der Waals surface area contributed by atoms with Gasteiger partial charge in [0.25, 0.3) is 0 Å². The Morgan fingerprint density at radius 2 is 1.78 bits per heavy atom. The van der Waals surface area contributed by atoms with Crippen LogP contribution in [-0.4, -0.2) is 11.8 Å². The molecule has 0 bridgehead atoms. The van der Waals surface area contributed by atoms with Crippen molar-refractivity contribution in [3.05, 3.63) is 54.0 Å². The lowest BCUT2D eigenvalue weighted by Crippen LogP contribution is -2.28. The molecule has 0 unspecified atom stereocenters. The molecule has 0 saturated heterocycles. The fraction of sp³-hybridized carbons (Fsp3) is 0.200. The Balaban J connectivity index is 1.91. The zero-order chi connectivity index (χ0) is 16.9. The molecule has 23 heavy (non-hydrogen) atoms. The van der Waals surface area contributed by atoms with Crippen LogP contribution in [0.4, 0.5) is 18.9 Å². The van der Waals surface area contributed by atoms with Gasteiger partial charge in [-0.25, -0.2) is 0 Å². The lowest BCUT2D eigenvalue weighted by Gasteiger charge is -2.13. The van der Waals surface area contributed by atoms with Crippen LogP contribution < -0.4 is 10.6 Å². The standard InChI is InChI=1S/C15H13F3N2O3/c16-15(17,18)11-5-1-2-6-12(11)20-14(22)8-13(21)19-9-10-4-3-7-23-10/h1-7H,8-9H2,(H,19,21)(H,20,22). The molecule has 2 aromatic rings. The van der Waals surface area contributed by atoms with Crippen molar-refractivity contribution < 1.29 is 27.2 Å². The van der Waals surface area contributed by atoms with Gasteiger partial charge in [-0.3, -0.25) is 9.59 Å². The number of carbonyl (C=O) groups excluding carboxylic acids is 2. The van der Waals surface area contributed by atoms with E-state index < -0.39 is 30.0 Å². The van der Waals surface area contributed by atoms with Crippen molar-refractivity contribution in [2.75, 3.05) is 5.32 Å². The first-order valence-electron chi connectivity index (χ1n) is 6.61. The van der Waals surface area contributed by atoms with Gasteiger partial charge in [0.05, 0.1) is 24.1 Å². The molecule has 0 radical (unpaired) electrons. The largest absolute Gasteiger partial charge is 0.467 e. The van der Waals surface area contributed by atoms with Gasteiger partial charge < -0.3 is 15.1 Å². The van der Waals surface area contributed by atoms with E-state index in [0.29, 0.717) is 5.76 Å². The third kappa shape index (κ3) is 4.87. The minimum absolute atomic E-state index is 0.0955. The van der Waals surface area contributed by atoms with E-state index in [-0.39, 0.29) is 12.2 Å². The van der Waals surface area contributed by atoms with Crippen LogP contribution in [-0.2, 0) is 22.3 Å². The predicted octanol–water partition coefficient (Wildman–Crippen LogP) is 2.94. The minimum Gasteiger partial charge on any atom is -0.467 e. The first-order valence-corrected chi connectivity index (χ1v) is 6.61. The number of para-hydroxylation sites is 1. The molecular weight excluding hydrogens is 313 g/mol. The van der Waals surface area contributed by atoms with E-state index in [4.69, 9.17) is 4.42 Å². The van der Waals surface area contributed by atoms with E-state index in [1.807, 2.05) is 0 Å². The van der Waals surface area contributed by atoms with E-state index in [1.165, 1.54) is 18.4 Å². The molecule has 8 heteroatoms. The topological polar surface area (TPSA) is 71.3 Å². The maximum Gasteiger partial charge on any atom is 0.418 e. The minimum atomic E-state index is -4.59. The second-order valence-electron chi connectivity index (χ2n) is 4.62. The number of carbonyl (C=O) groups is 2. The van der Waals surface area contributed by atoms with E-state index in [2.05, 4.69) is 10.6 Å². The van der Waals surface area contributed by atoms with Gasteiger partial charge in [0.2, 0.25) is 11.8 Å². The van der Waals surface area contributed by atoms with Gasteiger partial charge in [0, 0.05) is 0 Å². The molecule has 2 N–H and O–H groups in total. The fourth-order valence-corrected chi connectivity index (χ4v) is 1.84. The lowest BCUT2D eigenvalue weighted by atomic mass is 10.1. The molecule has 0 saturated carbocycles. The Labute approximate surface area is 129 Å². The number of hydrogen-bond donors (Lipinski definition) is 2. The molecule has 0 atom stereocenters.